The van der Waals surface area contributed by atoms with Gasteiger partial charge >= 0.3 is 0 Å². The number of hydrogen-bond donors (Lipinski definition) is 1. The van der Waals surface area contributed by atoms with E-state index in [0.717, 1.165) is 19.4 Å². The summed E-state index contributed by atoms with van der Waals surface area (Å²) in [5, 5.41) is 3.32. The lowest BCUT2D eigenvalue weighted by molar-refractivity contribution is -0.130. The highest BCUT2D eigenvalue weighted by molar-refractivity contribution is 5.87. The van der Waals surface area contributed by atoms with Crippen LogP contribution in [-0.4, -0.2) is 50.6 Å². The average Bonchev–Trinajstić information content (AvgIpc) is 2.76. The monoisotopic (exact) mass is 336 g/mol. The molecule has 0 aromatic rings. The summed E-state index contributed by atoms with van der Waals surface area (Å²) in [5.74, 6) is 0.00650. The van der Waals surface area contributed by atoms with E-state index in [0.29, 0.717) is 33.2 Å². The average molecular weight is 336 g/mol. The molecule has 1 rings (SSSR count). The third-order valence-electron chi connectivity index (χ3n) is 4.08. The second-order valence-corrected chi connectivity index (χ2v) is 6.60. The van der Waals surface area contributed by atoms with Crippen molar-refractivity contribution in [1.82, 2.24) is 10.2 Å². The molecule has 0 saturated heterocycles. The Kier molecular flexibility index (Phi) is 9.60. The van der Waals surface area contributed by atoms with Crippen LogP contribution in [-0.2, 0) is 14.3 Å². The van der Waals surface area contributed by atoms with Gasteiger partial charge in [-0.15, -0.1) is 0 Å². The van der Waals surface area contributed by atoms with Gasteiger partial charge in [-0.25, -0.2) is 0 Å². The molecule has 1 heterocycles. The molecular formula is C19H32N2O3. The number of ether oxygens (including phenoxy) is 2. The highest BCUT2D eigenvalue weighted by Gasteiger charge is 2.20. The van der Waals surface area contributed by atoms with E-state index in [-0.39, 0.29) is 11.3 Å². The van der Waals surface area contributed by atoms with Crippen LogP contribution in [0.15, 0.2) is 36.5 Å². The quantitative estimate of drug-likeness (QED) is 0.358. The van der Waals surface area contributed by atoms with Crippen LogP contribution >= 0.6 is 0 Å². The highest BCUT2D eigenvalue weighted by Crippen LogP contribution is 2.26. The van der Waals surface area contributed by atoms with E-state index in [1.54, 1.807) is 17.1 Å². The Bertz CT molecular complexity index is 456. The fourth-order valence-corrected chi connectivity index (χ4v) is 2.25. The van der Waals surface area contributed by atoms with Gasteiger partial charge in [0.15, 0.2) is 0 Å². The highest BCUT2D eigenvalue weighted by atomic mass is 16.5. The van der Waals surface area contributed by atoms with Crippen molar-refractivity contribution in [2.24, 2.45) is 5.41 Å². The van der Waals surface area contributed by atoms with Crippen molar-refractivity contribution >= 4 is 5.91 Å². The van der Waals surface area contributed by atoms with Gasteiger partial charge in [-0.1, -0.05) is 44.2 Å². The molecule has 0 fully saturated rings. The molecular weight excluding hydrogens is 304 g/mol. The van der Waals surface area contributed by atoms with Gasteiger partial charge in [-0.2, -0.15) is 0 Å². The second kappa shape index (κ2) is 11.2. The molecule has 136 valence electrons. The number of nitrogens with zero attached hydrogens (tertiary/aromatic N) is 1. The molecule has 1 N–H and O–H groups in total. The number of carbonyl (C=O) groups excluding carboxylic acids is 1. The molecule has 0 atom stereocenters. The van der Waals surface area contributed by atoms with Crippen LogP contribution in [0.2, 0.25) is 0 Å². The van der Waals surface area contributed by atoms with Gasteiger partial charge in [0.25, 0.3) is 0 Å². The predicted octanol–water partition coefficient (Wildman–Crippen LogP) is 2.86. The first-order valence-corrected chi connectivity index (χ1v) is 8.58. The van der Waals surface area contributed by atoms with Crippen LogP contribution in [0.5, 0.6) is 0 Å². The third kappa shape index (κ3) is 7.90. The van der Waals surface area contributed by atoms with E-state index in [1.165, 1.54) is 5.57 Å². The summed E-state index contributed by atoms with van der Waals surface area (Å²) in [6.07, 6.45) is 9.19. The number of rotatable bonds is 11. The molecule has 24 heavy (non-hydrogen) atoms. The number of amides is 1. The molecule has 1 aliphatic heterocycles. The molecule has 5 nitrogen and oxygen atoms in total. The van der Waals surface area contributed by atoms with Crippen LogP contribution in [0.1, 0.15) is 33.6 Å². The van der Waals surface area contributed by atoms with E-state index in [1.807, 2.05) is 13.0 Å². The first-order chi connectivity index (χ1) is 11.5. The van der Waals surface area contributed by atoms with Crippen LogP contribution in [0.4, 0.5) is 0 Å². The lowest BCUT2D eigenvalue weighted by atomic mass is 9.83. The summed E-state index contributed by atoms with van der Waals surface area (Å²) in [7, 11) is 0. The molecule has 1 aliphatic rings. The van der Waals surface area contributed by atoms with Crippen LogP contribution in [0.3, 0.4) is 0 Å². The number of hydrogen-bond acceptors (Lipinski definition) is 4. The maximum atomic E-state index is 11.7. The predicted molar refractivity (Wildman–Crippen MR) is 97.5 cm³/mol. The van der Waals surface area contributed by atoms with Crippen LogP contribution in [0, 0.1) is 5.41 Å². The normalized spacial score (nSPS) is 16.0. The Morgan fingerprint density at radius 1 is 1.54 bits per heavy atom. The maximum absolute atomic E-state index is 11.7. The molecule has 5 heteroatoms. The summed E-state index contributed by atoms with van der Waals surface area (Å²) in [6, 6.07) is 0. The minimum Gasteiger partial charge on any atom is -0.366 e. The maximum Gasteiger partial charge on any atom is 0.248 e. The van der Waals surface area contributed by atoms with Gasteiger partial charge in [0.2, 0.25) is 5.91 Å². The number of nitrogens with one attached hydrogen (secondary N) is 1. The first-order valence-electron chi connectivity index (χ1n) is 8.58. The summed E-state index contributed by atoms with van der Waals surface area (Å²) < 4.78 is 10.9. The zero-order chi connectivity index (χ0) is 17.8. The zero-order valence-electron chi connectivity index (χ0n) is 15.3. The largest absolute Gasteiger partial charge is 0.366 e. The van der Waals surface area contributed by atoms with Gasteiger partial charge in [0.1, 0.15) is 6.73 Å². The molecule has 0 radical (unpaired) electrons. The summed E-state index contributed by atoms with van der Waals surface area (Å²) >= 11 is 0. The van der Waals surface area contributed by atoms with Gasteiger partial charge in [0.05, 0.1) is 19.9 Å². The lowest BCUT2D eigenvalue weighted by Gasteiger charge is -2.27. The van der Waals surface area contributed by atoms with Crippen molar-refractivity contribution in [2.45, 2.75) is 33.6 Å². The van der Waals surface area contributed by atoms with Crippen LogP contribution < -0.4 is 5.32 Å². The Hall–Kier alpha value is -1.43. The van der Waals surface area contributed by atoms with Crippen molar-refractivity contribution < 1.29 is 14.3 Å². The van der Waals surface area contributed by atoms with E-state index in [4.69, 9.17) is 9.47 Å². The summed E-state index contributed by atoms with van der Waals surface area (Å²) in [4.78, 5) is 13.4. The van der Waals surface area contributed by atoms with Crippen molar-refractivity contribution in [3.8, 4) is 0 Å². The Balaban J connectivity index is 2.10. The Morgan fingerprint density at radius 3 is 3.08 bits per heavy atom. The summed E-state index contributed by atoms with van der Waals surface area (Å²) in [5.41, 5.74) is 1.24. The lowest BCUT2D eigenvalue weighted by Crippen LogP contribution is -2.33. The molecule has 0 saturated carbocycles. The molecule has 0 aromatic carbocycles. The minimum atomic E-state index is 0.00650. The number of allylic oxidation sites excluding steroid dienone is 2. The SMILES string of the molecule is C=C(C/C=C\C)C(C)(C)CNCOCCCN1COCC=CC1=O. The minimum absolute atomic E-state index is 0.00650. The van der Waals surface area contributed by atoms with Gasteiger partial charge in [-0.3, -0.25) is 10.1 Å². The summed E-state index contributed by atoms with van der Waals surface area (Å²) in [6.45, 7) is 14.0. The van der Waals surface area contributed by atoms with Crippen molar-refractivity contribution in [3.63, 3.8) is 0 Å². The Morgan fingerprint density at radius 2 is 2.33 bits per heavy atom. The van der Waals surface area contributed by atoms with E-state index < -0.39 is 0 Å². The van der Waals surface area contributed by atoms with E-state index >= 15 is 0 Å². The van der Waals surface area contributed by atoms with Gasteiger partial charge in [-0.05, 0) is 25.2 Å². The van der Waals surface area contributed by atoms with Crippen molar-refractivity contribution in [3.05, 3.63) is 36.5 Å². The standard InChI is InChI=1S/C19H32N2O3/c1-5-6-9-17(2)19(3,4)14-20-15-23-13-8-11-21-16-24-12-7-10-18(21)22/h5-7,10,20H,2,8-9,11-16H2,1,3-4H3/b6-5-. The molecule has 0 bridgehead atoms. The van der Waals surface area contributed by atoms with Gasteiger partial charge < -0.3 is 14.4 Å². The van der Waals surface area contributed by atoms with Crippen LogP contribution in [0.25, 0.3) is 0 Å². The molecule has 0 aromatic heterocycles. The number of carbonyl (C=O) groups is 1. The molecule has 0 aliphatic carbocycles. The smallest absolute Gasteiger partial charge is 0.248 e. The fraction of sp³-hybridized carbons (Fsp3) is 0.632. The molecule has 0 unspecified atom stereocenters. The third-order valence-corrected chi connectivity index (χ3v) is 4.08. The van der Waals surface area contributed by atoms with Gasteiger partial charge in [0, 0.05) is 19.2 Å². The van der Waals surface area contributed by atoms with E-state index in [9.17, 15) is 4.79 Å². The molecule has 0 spiro atoms. The Labute approximate surface area is 146 Å². The topological polar surface area (TPSA) is 50.8 Å². The zero-order valence-corrected chi connectivity index (χ0v) is 15.3. The first kappa shape index (κ1) is 20.6. The van der Waals surface area contributed by atoms with Crippen molar-refractivity contribution in [2.75, 3.05) is 39.8 Å². The molecule has 1 amide bonds. The fourth-order valence-electron chi connectivity index (χ4n) is 2.25. The second-order valence-electron chi connectivity index (χ2n) is 6.60. The van der Waals surface area contributed by atoms with E-state index in [2.05, 4.69) is 31.8 Å². The van der Waals surface area contributed by atoms with Crippen molar-refractivity contribution in [1.29, 1.82) is 0 Å².